The number of aromatic nitrogens is 2. The molecule has 0 saturated carbocycles. The van der Waals surface area contributed by atoms with Crippen LogP contribution >= 0.6 is 0 Å². The van der Waals surface area contributed by atoms with Gasteiger partial charge in [0.05, 0.1) is 17.1 Å². The average molecular weight is 319 g/mol. The van der Waals surface area contributed by atoms with Crippen molar-refractivity contribution in [2.45, 2.75) is 26.3 Å². The van der Waals surface area contributed by atoms with E-state index in [2.05, 4.69) is 37.3 Å². The molecule has 5 nitrogen and oxygen atoms in total. The summed E-state index contributed by atoms with van der Waals surface area (Å²) in [5.74, 6) is 2.34. The van der Waals surface area contributed by atoms with Crippen LogP contribution in [0.15, 0.2) is 36.4 Å². The van der Waals surface area contributed by atoms with E-state index in [4.69, 9.17) is 14.5 Å². The first-order valence-electron chi connectivity index (χ1n) is 7.96. The summed E-state index contributed by atoms with van der Waals surface area (Å²) in [7, 11) is 0. The number of hydrogen-bond acceptors (Lipinski definition) is 4. The fourth-order valence-corrected chi connectivity index (χ4v) is 3.01. The monoisotopic (exact) mass is 319 g/mol. The summed E-state index contributed by atoms with van der Waals surface area (Å²) in [4.78, 5) is 4.72. The summed E-state index contributed by atoms with van der Waals surface area (Å²) in [5, 5.41) is 9.18. The molecule has 24 heavy (non-hydrogen) atoms. The van der Waals surface area contributed by atoms with Gasteiger partial charge in [-0.15, -0.1) is 0 Å². The fraction of sp³-hybridized carbons (Fsp3) is 0.263. The molecular weight excluding hydrogens is 302 g/mol. The van der Waals surface area contributed by atoms with E-state index in [9.17, 15) is 5.26 Å². The second-order valence-corrected chi connectivity index (χ2v) is 5.95. The lowest BCUT2D eigenvalue weighted by molar-refractivity contribution is 0.174. The summed E-state index contributed by atoms with van der Waals surface area (Å²) < 4.78 is 12.8. The van der Waals surface area contributed by atoms with Crippen molar-refractivity contribution < 1.29 is 9.47 Å². The minimum atomic E-state index is 0.237. The average Bonchev–Trinajstić information content (AvgIpc) is 3.17. The molecule has 1 aromatic heterocycles. The summed E-state index contributed by atoms with van der Waals surface area (Å²) in [6.45, 7) is 2.60. The van der Waals surface area contributed by atoms with E-state index in [1.54, 1.807) is 0 Å². The first kappa shape index (κ1) is 14.6. The smallest absolute Gasteiger partial charge is 0.231 e. The Labute approximate surface area is 140 Å². The molecule has 5 heteroatoms. The van der Waals surface area contributed by atoms with Gasteiger partial charge in [-0.2, -0.15) is 5.26 Å². The third-order valence-corrected chi connectivity index (χ3v) is 4.31. The topological polar surface area (TPSA) is 60.1 Å². The van der Waals surface area contributed by atoms with Crippen LogP contribution in [0, 0.1) is 18.3 Å². The third-order valence-electron chi connectivity index (χ3n) is 4.31. The predicted molar refractivity (Wildman–Crippen MR) is 90.1 cm³/mol. The van der Waals surface area contributed by atoms with Gasteiger partial charge in [-0.3, -0.25) is 0 Å². The lowest BCUT2D eigenvalue weighted by atomic mass is 10.1. The lowest BCUT2D eigenvalue weighted by Crippen LogP contribution is -2.04. The molecule has 2 heterocycles. The molecule has 2 aromatic carbocycles. The molecule has 0 spiro atoms. The van der Waals surface area contributed by atoms with Crippen LogP contribution in [0.1, 0.15) is 17.0 Å². The SMILES string of the molecule is Cc1ccc(CCc2nc3cc4c(cc3n2CC#N)OCO4)cc1. The van der Waals surface area contributed by atoms with Crippen molar-refractivity contribution in [1.29, 1.82) is 5.26 Å². The molecule has 0 saturated heterocycles. The quantitative estimate of drug-likeness (QED) is 0.739. The summed E-state index contributed by atoms with van der Waals surface area (Å²) in [5.41, 5.74) is 4.28. The zero-order valence-corrected chi connectivity index (χ0v) is 13.5. The first-order valence-corrected chi connectivity index (χ1v) is 7.96. The molecule has 1 aliphatic rings. The van der Waals surface area contributed by atoms with Crippen molar-refractivity contribution in [1.82, 2.24) is 9.55 Å². The normalized spacial score (nSPS) is 12.5. The van der Waals surface area contributed by atoms with Crippen molar-refractivity contribution >= 4 is 11.0 Å². The zero-order chi connectivity index (χ0) is 16.5. The number of hydrogen-bond donors (Lipinski definition) is 0. The van der Waals surface area contributed by atoms with Gasteiger partial charge in [0.1, 0.15) is 12.4 Å². The molecule has 0 unspecified atom stereocenters. The minimum absolute atomic E-state index is 0.237. The maximum atomic E-state index is 9.18. The number of fused-ring (bicyclic) bond motifs is 2. The van der Waals surface area contributed by atoms with Gasteiger partial charge < -0.3 is 14.0 Å². The molecule has 0 atom stereocenters. The number of nitriles is 1. The number of aryl methyl sites for hydroxylation is 3. The van der Waals surface area contributed by atoms with Crippen LogP contribution in [0.5, 0.6) is 11.5 Å². The van der Waals surface area contributed by atoms with Gasteiger partial charge in [0.25, 0.3) is 0 Å². The maximum Gasteiger partial charge on any atom is 0.231 e. The molecule has 0 bridgehead atoms. The van der Waals surface area contributed by atoms with Crippen LogP contribution in [-0.4, -0.2) is 16.3 Å². The van der Waals surface area contributed by atoms with E-state index in [1.807, 2.05) is 16.7 Å². The Morgan fingerprint density at radius 3 is 2.62 bits per heavy atom. The van der Waals surface area contributed by atoms with E-state index in [1.165, 1.54) is 11.1 Å². The van der Waals surface area contributed by atoms with E-state index >= 15 is 0 Å². The molecule has 0 aliphatic carbocycles. The van der Waals surface area contributed by atoms with Crippen molar-refractivity contribution in [3.8, 4) is 17.6 Å². The minimum Gasteiger partial charge on any atom is -0.454 e. The molecule has 4 rings (SSSR count). The van der Waals surface area contributed by atoms with Crippen LogP contribution in [-0.2, 0) is 19.4 Å². The van der Waals surface area contributed by atoms with Gasteiger partial charge in [0, 0.05) is 18.6 Å². The number of ether oxygens (including phenoxy) is 2. The number of benzene rings is 2. The van der Waals surface area contributed by atoms with Crippen LogP contribution in [0.4, 0.5) is 0 Å². The highest BCUT2D eigenvalue weighted by atomic mass is 16.7. The van der Waals surface area contributed by atoms with Gasteiger partial charge in [0.15, 0.2) is 11.5 Å². The highest BCUT2D eigenvalue weighted by molar-refractivity contribution is 5.81. The number of nitrogens with zero attached hydrogens (tertiary/aromatic N) is 3. The zero-order valence-electron chi connectivity index (χ0n) is 13.5. The Kier molecular flexibility index (Phi) is 3.58. The molecule has 0 N–H and O–H groups in total. The van der Waals surface area contributed by atoms with Crippen molar-refractivity contribution in [3.63, 3.8) is 0 Å². The van der Waals surface area contributed by atoms with E-state index in [-0.39, 0.29) is 13.3 Å². The largest absolute Gasteiger partial charge is 0.454 e. The van der Waals surface area contributed by atoms with Crippen LogP contribution in [0.3, 0.4) is 0 Å². The predicted octanol–water partition coefficient (Wildman–Crippen LogP) is 3.38. The van der Waals surface area contributed by atoms with Gasteiger partial charge in [-0.25, -0.2) is 4.98 Å². The van der Waals surface area contributed by atoms with Crippen molar-refractivity contribution in [3.05, 3.63) is 53.3 Å². The van der Waals surface area contributed by atoms with E-state index in [0.717, 1.165) is 29.7 Å². The second-order valence-electron chi connectivity index (χ2n) is 5.95. The Morgan fingerprint density at radius 1 is 1.12 bits per heavy atom. The molecule has 0 amide bonds. The highest BCUT2D eigenvalue weighted by Crippen LogP contribution is 2.36. The van der Waals surface area contributed by atoms with Crippen molar-refractivity contribution in [2.24, 2.45) is 0 Å². The summed E-state index contributed by atoms with van der Waals surface area (Å²) in [6, 6.07) is 14.5. The van der Waals surface area contributed by atoms with Gasteiger partial charge >= 0.3 is 0 Å². The number of imidazole rings is 1. The van der Waals surface area contributed by atoms with E-state index < -0.39 is 0 Å². The van der Waals surface area contributed by atoms with Gasteiger partial charge in [-0.05, 0) is 18.9 Å². The fourth-order valence-electron chi connectivity index (χ4n) is 3.01. The summed E-state index contributed by atoms with van der Waals surface area (Å²) >= 11 is 0. The molecule has 0 radical (unpaired) electrons. The van der Waals surface area contributed by atoms with Crippen molar-refractivity contribution in [2.75, 3.05) is 6.79 Å². The maximum absolute atomic E-state index is 9.18. The Hall–Kier alpha value is -3.00. The molecule has 120 valence electrons. The van der Waals surface area contributed by atoms with E-state index in [0.29, 0.717) is 11.5 Å². The molecular formula is C19H17N3O2. The molecule has 1 aliphatic heterocycles. The third kappa shape index (κ3) is 2.56. The van der Waals surface area contributed by atoms with Crippen LogP contribution < -0.4 is 9.47 Å². The Bertz CT molecular complexity index is 936. The highest BCUT2D eigenvalue weighted by Gasteiger charge is 2.19. The summed E-state index contributed by atoms with van der Waals surface area (Å²) in [6.07, 6.45) is 1.67. The Morgan fingerprint density at radius 2 is 1.88 bits per heavy atom. The van der Waals surface area contributed by atoms with Gasteiger partial charge in [-0.1, -0.05) is 29.8 Å². The number of rotatable bonds is 4. The van der Waals surface area contributed by atoms with Gasteiger partial charge in [0.2, 0.25) is 6.79 Å². The molecule has 0 fully saturated rings. The first-order chi connectivity index (χ1) is 11.7. The lowest BCUT2D eigenvalue weighted by Gasteiger charge is -2.06. The second kappa shape index (κ2) is 5.89. The van der Waals surface area contributed by atoms with Crippen LogP contribution in [0.25, 0.3) is 11.0 Å². The standard InChI is InChI=1S/C19H17N3O2/c1-13-2-4-14(5-3-13)6-7-19-21-15-10-17-18(24-12-23-17)11-16(15)22(19)9-8-20/h2-5,10-11H,6-7,9,12H2,1H3. The molecule has 3 aromatic rings. The Balaban J connectivity index is 1.67. The van der Waals surface area contributed by atoms with Crippen LogP contribution in [0.2, 0.25) is 0 Å².